The molecule has 0 aromatic carbocycles. The van der Waals surface area contributed by atoms with Crippen LogP contribution in [0.2, 0.25) is 0 Å². The van der Waals surface area contributed by atoms with Crippen molar-refractivity contribution in [2.75, 3.05) is 33.4 Å². The molecule has 5 nitrogen and oxygen atoms in total. The van der Waals surface area contributed by atoms with Crippen LogP contribution in [0.25, 0.3) is 0 Å². The van der Waals surface area contributed by atoms with Crippen molar-refractivity contribution in [3.05, 3.63) is 11.6 Å². The van der Waals surface area contributed by atoms with Gasteiger partial charge in [0.1, 0.15) is 6.04 Å². The Morgan fingerprint density at radius 2 is 2.53 bits per heavy atom. The Labute approximate surface area is 89.5 Å². The molecule has 1 rings (SSSR count). The minimum atomic E-state index is -0.943. The van der Waals surface area contributed by atoms with Gasteiger partial charge in [-0.05, 0) is 12.0 Å². The number of rotatable bonds is 5. The van der Waals surface area contributed by atoms with Gasteiger partial charge in [-0.1, -0.05) is 6.08 Å². The van der Waals surface area contributed by atoms with E-state index < -0.39 is 12.0 Å². The molecule has 0 radical (unpaired) electrons. The van der Waals surface area contributed by atoms with E-state index in [4.69, 9.17) is 15.6 Å². The molecule has 5 heteroatoms. The topological polar surface area (TPSA) is 75.8 Å². The number of hydrogen-bond acceptors (Lipinski definition) is 4. The molecule has 15 heavy (non-hydrogen) atoms. The molecular formula is C10H18N2O3. The van der Waals surface area contributed by atoms with E-state index >= 15 is 0 Å². The van der Waals surface area contributed by atoms with Gasteiger partial charge in [0.2, 0.25) is 0 Å². The number of ether oxygens (including phenoxy) is 1. The SMILES string of the molecule is COCC1=CCN(CC(N)C(=O)O)CC1. The largest absolute Gasteiger partial charge is 0.480 e. The van der Waals surface area contributed by atoms with E-state index in [0.29, 0.717) is 13.2 Å². The summed E-state index contributed by atoms with van der Waals surface area (Å²) < 4.78 is 5.03. The van der Waals surface area contributed by atoms with Crippen LogP contribution in [0.1, 0.15) is 6.42 Å². The molecule has 0 bridgehead atoms. The van der Waals surface area contributed by atoms with Crippen LogP contribution in [-0.2, 0) is 9.53 Å². The average molecular weight is 214 g/mol. The van der Waals surface area contributed by atoms with Crippen LogP contribution >= 0.6 is 0 Å². The Morgan fingerprint density at radius 1 is 1.80 bits per heavy atom. The molecule has 0 aromatic rings. The summed E-state index contributed by atoms with van der Waals surface area (Å²) in [6.45, 7) is 2.70. The number of methoxy groups -OCH3 is 1. The number of hydrogen-bond donors (Lipinski definition) is 2. The summed E-state index contributed by atoms with van der Waals surface area (Å²) in [7, 11) is 1.67. The molecule has 0 aromatic heterocycles. The first-order valence-electron chi connectivity index (χ1n) is 5.01. The second-order valence-corrected chi connectivity index (χ2v) is 3.75. The summed E-state index contributed by atoms with van der Waals surface area (Å²) in [4.78, 5) is 12.6. The molecule has 86 valence electrons. The zero-order valence-electron chi connectivity index (χ0n) is 8.98. The van der Waals surface area contributed by atoms with Crippen LogP contribution in [0.4, 0.5) is 0 Å². The van der Waals surface area contributed by atoms with Crippen LogP contribution < -0.4 is 5.73 Å². The average Bonchev–Trinajstić information content (AvgIpc) is 2.21. The Balaban J connectivity index is 2.34. The van der Waals surface area contributed by atoms with Crippen molar-refractivity contribution in [3.63, 3.8) is 0 Å². The van der Waals surface area contributed by atoms with E-state index in [2.05, 4.69) is 6.08 Å². The fourth-order valence-electron chi connectivity index (χ4n) is 1.59. The van der Waals surface area contributed by atoms with Crippen molar-refractivity contribution in [1.29, 1.82) is 0 Å². The van der Waals surface area contributed by atoms with E-state index in [1.54, 1.807) is 7.11 Å². The number of nitrogens with two attached hydrogens (primary N) is 1. The van der Waals surface area contributed by atoms with E-state index in [9.17, 15) is 4.79 Å². The fourth-order valence-corrected chi connectivity index (χ4v) is 1.59. The van der Waals surface area contributed by atoms with Crippen molar-refractivity contribution < 1.29 is 14.6 Å². The third-order valence-corrected chi connectivity index (χ3v) is 2.49. The second-order valence-electron chi connectivity index (χ2n) is 3.75. The highest BCUT2D eigenvalue weighted by molar-refractivity contribution is 5.73. The van der Waals surface area contributed by atoms with Gasteiger partial charge in [-0.25, -0.2) is 0 Å². The predicted molar refractivity (Wildman–Crippen MR) is 56.6 cm³/mol. The number of carbonyl (C=O) groups is 1. The van der Waals surface area contributed by atoms with E-state index in [1.165, 1.54) is 5.57 Å². The third-order valence-electron chi connectivity index (χ3n) is 2.49. The Hall–Kier alpha value is -0.910. The van der Waals surface area contributed by atoms with E-state index in [0.717, 1.165) is 19.5 Å². The van der Waals surface area contributed by atoms with Crippen molar-refractivity contribution >= 4 is 5.97 Å². The first kappa shape index (κ1) is 12.2. The summed E-state index contributed by atoms with van der Waals surface area (Å²) >= 11 is 0. The molecule has 0 aliphatic carbocycles. The zero-order chi connectivity index (χ0) is 11.3. The molecule has 1 aliphatic rings. The molecular weight excluding hydrogens is 196 g/mol. The molecule has 0 spiro atoms. The van der Waals surface area contributed by atoms with Crippen molar-refractivity contribution in [2.24, 2.45) is 5.73 Å². The minimum Gasteiger partial charge on any atom is -0.480 e. The van der Waals surface area contributed by atoms with Gasteiger partial charge in [0, 0.05) is 26.7 Å². The van der Waals surface area contributed by atoms with E-state index in [1.807, 2.05) is 4.90 Å². The number of carboxylic acid groups (broad SMARTS) is 1. The highest BCUT2D eigenvalue weighted by Crippen LogP contribution is 2.10. The maximum Gasteiger partial charge on any atom is 0.321 e. The van der Waals surface area contributed by atoms with Crippen LogP contribution in [-0.4, -0.2) is 55.4 Å². The lowest BCUT2D eigenvalue weighted by Gasteiger charge is -2.27. The molecule has 0 saturated heterocycles. The van der Waals surface area contributed by atoms with Crippen LogP contribution in [0, 0.1) is 0 Å². The van der Waals surface area contributed by atoms with Crippen molar-refractivity contribution in [2.45, 2.75) is 12.5 Å². The van der Waals surface area contributed by atoms with Crippen LogP contribution in [0.15, 0.2) is 11.6 Å². The van der Waals surface area contributed by atoms with Gasteiger partial charge in [-0.15, -0.1) is 0 Å². The number of carboxylic acids is 1. The molecule has 1 unspecified atom stereocenters. The van der Waals surface area contributed by atoms with Gasteiger partial charge >= 0.3 is 5.97 Å². The second kappa shape index (κ2) is 5.85. The highest BCUT2D eigenvalue weighted by Gasteiger charge is 2.18. The summed E-state index contributed by atoms with van der Waals surface area (Å²) in [5.41, 5.74) is 6.73. The summed E-state index contributed by atoms with van der Waals surface area (Å²) in [6, 6.07) is -0.789. The summed E-state index contributed by atoms with van der Waals surface area (Å²) in [6.07, 6.45) is 3.02. The highest BCUT2D eigenvalue weighted by atomic mass is 16.5. The smallest absolute Gasteiger partial charge is 0.321 e. The van der Waals surface area contributed by atoms with Gasteiger partial charge in [0.25, 0.3) is 0 Å². The maximum absolute atomic E-state index is 10.6. The van der Waals surface area contributed by atoms with E-state index in [-0.39, 0.29) is 0 Å². The Kier molecular flexibility index (Phi) is 4.74. The lowest BCUT2D eigenvalue weighted by Crippen LogP contribution is -2.44. The standard InChI is InChI=1S/C10H18N2O3/c1-15-7-8-2-4-12(5-3-8)6-9(11)10(13)14/h2,9H,3-7,11H2,1H3,(H,13,14). The quantitative estimate of drug-likeness (QED) is 0.613. The third kappa shape index (κ3) is 3.99. The monoisotopic (exact) mass is 214 g/mol. The number of aliphatic carboxylic acids is 1. The zero-order valence-corrected chi connectivity index (χ0v) is 8.98. The Bertz CT molecular complexity index is 253. The molecule has 0 fully saturated rings. The van der Waals surface area contributed by atoms with Crippen molar-refractivity contribution in [3.8, 4) is 0 Å². The summed E-state index contributed by atoms with van der Waals surface area (Å²) in [5.74, 6) is -0.943. The lowest BCUT2D eigenvalue weighted by atomic mass is 10.1. The molecule has 1 heterocycles. The first-order valence-corrected chi connectivity index (χ1v) is 5.01. The Morgan fingerprint density at radius 3 is 3.00 bits per heavy atom. The maximum atomic E-state index is 10.6. The predicted octanol–water partition coefficient (Wildman–Crippen LogP) is -0.323. The van der Waals surface area contributed by atoms with Gasteiger partial charge in [-0.2, -0.15) is 0 Å². The molecule has 0 saturated carbocycles. The van der Waals surface area contributed by atoms with Gasteiger partial charge in [0.05, 0.1) is 6.61 Å². The van der Waals surface area contributed by atoms with Gasteiger partial charge < -0.3 is 15.6 Å². The van der Waals surface area contributed by atoms with Crippen LogP contribution in [0.5, 0.6) is 0 Å². The molecule has 1 aliphatic heterocycles. The van der Waals surface area contributed by atoms with Crippen LogP contribution in [0.3, 0.4) is 0 Å². The van der Waals surface area contributed by atoms with Gasteiger partial charge in [0.15, 0.2) is 0 Å². The first-order chi connectivity index (χ1) is 7.13. The van der Waals surface area contributed by atoms with Gasteiger partial charge in [-0.3, -0.25) is 9.69 Å². The minimum absolute atomic E-state index is 0.409. The fraction of sp³-hybridized carbons (Fsp3) is 0.700. The molecule has 3 N–H and O–H groups in total. The number of nitrogens with zero attached hydrogens (tertiary/aromatic N) is 1. The molecule has 1 atom stereocenters. The lowest BCUT2D eigenvalue weighted by molar-refractivity contribution is -0.138. The molecule has 0 amide bonds. The van der Waals surface area contributed by atoms with Crippen molar-refractivity contribution in [1.82, 2.24) is 4.90 Å². The normalized spacial score (nSPS) is 19.7. The summed E-state index contributed by atoms with van der Waals surface area (Å²) in [5, 5.41) is 8.66.